The zero-order valence-electron chi connectivity index (χ0n) is 11.9. The van der Waals surface area contributed by atoms with Crippen LogP contribution in [0.15, 0.2) is 42.5 Å². The minimum absolute atomic E-state index is 0.0613. The van der Waals surface area contributed by atoms with Crippen molar-refractivity contribution in [1.29, 1.82) is 0 Å². The SMILES string of the molecule is O=S(=O)(Nc1cccc2ccccc12)NC1CCCCC1. The van der Waals surface area contributed by atoms with E-state index in [-0.39, 0.29) is 6.04 Å². The van der Waals surface area contributed by atoms with Gasteiger partial charge in [-0.15, -0.1) is 0 Å². The van der Waals surface area contributed by atoms with Crippen molar-refractivity contribution < 1.29 is 8.42 Å². The quantitative estimate of drug-likeness (QED) is 0.909. The molecule has 2 aromatic carbocycles. The van der Waals surface area contributed by atoms with Gasteiger partial charge in [0.25, 0.3) is 10.2 Å². The van der Waals surface area contributed by atoms with Crippen molar-refractivity contribution in [3.63, 3.8) is 0 Å². The standard InChI is InChI=1S/C16H20N2O2S/c19-21(20,17-14-9-2-1-3-10-14)18-16-12-6-8-13-7-4-5-11-15(13)16/h4-8,11-12,14,17-18H,1-3,9-10H2. The first-order chi connectivity index (χ1) is 10.1. The van der Waals surface area contributed by atoms with Gasteiger partial charge < -0.3 is 0 Å². The highest BCUT2D eigenvalue weighted by molar-refractivity contribution is 7.90. The van der Waals surface area contributed by atoms with Crippen LogP contribution in [0, 0.1) is 0 Å². The molecule has 1 aliphatic rings. The average Bonchev–Trinajstić information content (AvgIpc) is 2.48. The number of anilines is 1. The lowest BCUT2D eigenvalue weighted by molar-refractivity contribution is 0.413. The molecule has 0 aliphatic heterocycles. The van der Waals surface area contributed by atoms with Crippen LogP contribution in [0.1, 0.15) is 32.1 Å². The summed E-state index contributed by atoms with van der Waals surface area (Å²) in [7, 11) is -3.53. The molecule has 0 atom stereocenters. The van der Waals surface area contributed by atoms with Gasteiger partial charge in [-0.25, -0.2) is 0 Å². The molecule has 0 unspecified atom stereocenters. The van der Waals surface area contributed by atoms with Crippen LogP contribution in [0.2, 0.25) is 0 Å². The average molecular weight is 304 g/mol. The number of nitrogens with one attached hydrogen (secondary N) is 2. The maximum Gasteiger partial charge on any atom is 0.299 e. The van der Waals surface area contributed by atoms with E-state index in [0.29, 0.717) is 5.69 Å². The molecule has 0 spiro atoms. The van der Waals surface area contributed by atoms with E-state index in [1.807, 2.05) is 36.4 Å². The summed E-state index contributed by atoms with van der Waals surface area (Å²) in [4.78, 5) is 0. The van der Waals surface area contributed by atoms with E-state index in [0.717, 1.165) is 36.5 Å². The monoisotopic (exact) mass is 304 g/mol. The van der Waals surface area contributed by atoms with Crippen LogP contribution >= 0.6 is 0 Å². The van der Waals surface area contributed by atoms with Crippen LogP contribution in [0.4, 0.5) is 5.69 Å². The zero-order valence-corrected chi connectivity index (χ0v) is 12.7. The van der Waals surface area contributed by atoms with Gasteiger partial charge in [-0.3, -0.25) is 4.72 Å². The molecule has 5 heteroatoms. The Labute approximate surface area is 125 Å². The first kappa shape index (κ1) is 14.4. The van der Waals surface area contributed by atoms with Crippen LogP contribution in [-0.2, 0) is 10.2 Å². The molecule has 21 heavy (non-hydrogen) atoms. The van der Waals surface area contributed by atoms with Crippen molar-refractivity contribution in [1.82, 2.24) is 4.72 Å². The first-order valence-electron chi connectivity index (χ1n) is 7.42. The molecule has 2 aromatic rings. The van der Waals surface area contributed by atoms with Crippen molar-refractivity contribution >= 4 is 26.7 Å². The Morgan fingerprint density at radius 3 is 2.43 bits per heavy atom. The second-order valence-electron chi connectivity index (χ2n) is 5.58. The van der Waals surface area contributed by atoms with Crippen molar-refractivity contribution in [3.8, 4) is 0 Å². The third-order valence-corrected chi connectivity index (χ3v) is 5.09. The van der Waals surface area contributed by atoms with Crippen LogP contribution < -0.4 is 9.44 Å². The minimum atomic E-state index is -3.53. The number of fused-ring (bicyclic) bond motifs is 1. The second-order valence-corrected chi connectivity index (χ2v) is 7.03. The third-order valence-electron chi connectivity index (χ3n) is 3.96. The molecule has 2 N–H and O–H groups in total. The van der Waals surface area contributed by atoms with E-state index in [1.165, 1.54) is 6.42 Å². The highest BCUT2D eigenvalue weighted by atomic mass is 32.2. The van der Waals surface area contributed by atoms with Gasteiger partial charge >= 0.3 is 0 Å². The Morgan fingerprint density at radius 2 is 1.62 bits per heavy atom. The summed E-state index contributed by atoms with van der Waals surface area (Å²) in [6.45, 7) is 0. The Hall–Kier alpha value is -1.59. The lowest BCUT2D eigenvalue weighted by Gasteiger charge is -2.23. The zero-order chi connectivity index (χ0) is 14.7. The Bertz CT molecular complexity index is 717. The summed E-state index contributed by atoms with van der Waals surface area (Å²) in [6.07, 6.45) is 5.25. The molecule has 3 rings (SSSR count). The fourth-order valence-corrected chi connectivity index (χ4v) is 4.13. The summed E-state index contributed by atoms with van der Waals surface area (Å²) in [5, 5.41) is 1.93. The summed E-state index contributed by atoms with van der Waals surface area (Å²) < 4.78 is 30.0. The maximum absolute atomic E-state index is 12.3. The molecule has 0 saturated heterocycles. The minimum Gasteiger partial charge on any atom is -0.270 e. The highest BCUT2D eigenvalue weighted by Gasteiger charge is 2.20. The van der Waals surface area contributed by atoms with Gasteiger partial charge in [-0.1, -0.05) is 55.7 Å². The van der Waals surface area contributed by atoms with E-state index in [4.69, 9.17) is 0 Å². The van der Waals surface area contributed by atoms with Crippen molar-refractivity contribution in [2.45, 2.75) is 38.1 Å². The van der Waals surface area contributed by atoms with Gasteiger partial charge in [0.05, 0.1) is 5.69 Å². The summed E-state index contributed by atoms with van der Waals surface area (Å²) >= 11 is 0. The molecule has 1 saturated carbocycles. The molecular formula is C16H20N2O2S. The Balaban J connectivity index is 1.80. The molecule has 0 bridgehead atoms. The van der Waals surface area contributed by atoms with E-state index in [9.17, 15) is 8.42 Å². The maximum atomic E-state index is 12.3. The lowest BCUT2D eigenvalue weighted by atomic mass is 9.96. The Kier molecular flexibility index (Phi) is 4.12. The van der Waals surface area contributed by atoms with Gasteiger partial charge in [0.2, 0.25) is 0 Å². The number of benzene rings is 2. The smallest absolute Gasteiger partial charge is 0.270 e. The van der Waals surface area contributed by atoms with Gasteiger partial charge in [0.15, 0.2) is 0 Å². The fourth-order valence-electron chi connectivity index (χ4n) is 2.93. The summed E-state index contributed by atoms with van der Waals surface area (Å²) in [5.41, 5.74) is 0.622. The van der Waals surface area contributed by atoms with E-state index in [1.54, 1.807) is 6.07 Å². The van der Waals surface area contributed by atoms with Gasteiger partial charge in [0, 0.05) is 11.4 Å². The van der Waals surface area contributed by atoms with Gasteiger partial charge in [0.1, 0.15) is 0 Å². The van der Waals surface area contributed by atoms with Crippen molar-refractivity contribution in [2.24, 2.45) is 0 Å². The number of rotatable bonds is 4. The third kappa shape index (κ3) is 3.54. The first-order valence-corrected chi connectivity index (χ1v) is 8.90. The fraction of sp³-hybridized carbons (Fsp3) is 0.375. The molecular weight excluding hydrogens is 284 g/mol. The predicted molar refractivity (Wildman–Crippen MR) is 86.5 cm³/mol. The molecule has 0 amide bonds. The van der Waals surface area contributed by atoms with Crippen molar-refractivity contribution in [2.75, 3.05) is 4.72 Å². The number of hydrogen-bond donors (Lipinski definition) is 2. The van der Waals surface area contributed by atoms with Crippen LogP contribution in [0.5, 0.6) is 0 Å². The van der Waals surface area contributed by atoms with E-state index >= 15 is 0 Å². The van der Waals surface area contributed by atoms with Crippen LogP contribution in [0.25, 0.3) is 10.8 Å². The molecule has 112 valence electrons. The van der Waals surface area contributed by atoms with Crippen molar-refractivity contribution in [3.05, 3.63) is 42.5 Å². The lowest BCUT2D eigenvalue weighted by Crippen LogP contribution is -2.39. The van der Waals surface area contributed by atoms with E-state index in [2.05, 4.69) is 9.44 Å². The topological polar surface area (TPSA) is 58.2 Å². The molecule has 1 fully saturated rings. The van der Waals surface area contributed by atoms with Crippen LogP contribution in [-0.4, -0.2) is 14.5 Å². The summed E-state index contributed by atoms with van der Waals surface area (Å²) in [5.74, 6) is 0. The highest BCUT2D eigenvalue weighted by Crippen LogP contribution is 2.24. The van der Waals surface area contributed by atoms with Gasteiger partial charge in [-0.05, 0) is 24.3 Å². The summed E-state index contributed by atoms with van der Waals surface area (Å²) in [6, 6.07) is 13.4. The number of hydrogen-bond acceptors (Lipinski definition) is 2. The van der Waals surface area contributed by atoms with Crippen LogP contribution in [0.3, 0.4) is 0 Å². The molecule has 0 aromatic heterocycles. The molecule has 1 aliphatic carbocycles. The second kappa shape index (κ2) is 6.03. The van der Waals surface area contributed by atoms with Gasteiger partial charge in [-0.2, -0.15) is 13.1 Å². The Morgan fingerprint density at radius 1 is 0.905 bits per heavy atom. The normalized spacial score (nSPS) is 17.0. The molecule has 4 nitrogen and oxygen atoms in total. The largest absolute Gasteiger partial charge is 0.299 e. The van der Waals surface area contributed by atoms with E-state index < -0.39 is 10.2 Å². The predicted octanol–water partition coefficient (Wildman–Crippen LogP) is 3.42. The molecule has 0 radical (unpaired) electrons. The molecule has 0 heterocycles.